The summed E-state index contributed by atoms with van der Waals surface area (Å²) < 4.78 is 20.8. The van der Waals surface area contributed by atoms with Crippen molar-refractivity contribution in [3.63, 3.8) is 0 Å². The Labute approximate surface area is 98.3 Å². The minimum atomic E-state index is -3.93. The molecule has 7 heteroatoms. The maximum absolute atomic E-state index is 11.6. The van der Waals surface area contributed by atoms with Gasteiger partial charge in [0.15, 0.2) is 0 Å². The monoisotopic (exact) mass is 260 g/mol. The lowest BCUT2D eigenvalue weighted by molar-refractivity contribution is 0.0600. The number of carbonyl (C=O) groups excluding carboxylic acids is 1. The smallest absolute Gasteiger partial charge is 0.358 e. The van der Waals surface area contributed by atoms with Crippen molar-refractivity contribution in [2.75, 3.05) is 20.3 Å². The van der Waals surface area contributed by atoms with Crippen molar-refractivity contribution in [1.82, 2.24) is 0 Å². The zero-order chi connectivity index (χ0) is 12.9. The van der Waals surface area contributed by atoms with E-state index in [1.54, 1.807) is 0 Å². The first-order valence-electron chi connectivity index (χ1n) is 4.78. The van der Waals surface area contributed by atoms with Gasteiger partial charge in [0.25, 0.3) is 0 Å². The summed E-state index contributed by atoms with van der Waals surface area (Å²) in [6.07, 6.45) is 0. The van der Waals surface area contributed by atoms with Crippen LogP contribution in [0.3, 0.4) is 0 Å². The Morgan fingerprint density at radius 2 is 1.94 bits per heavy atom. The first kappa shape index (κ1) is 13.9. The highest BCUT2D eigenvalue weighted by molar-refractivity contribution is 7.61. The van der Waals surface area contributed by atoms with Crippen LogP contribution in [0.25, 0.3) is 0 Å². The zero-order valence-electron chi connectivity index (χ0n) is 9.20. The summed E-state index contributed by atoms with van der Waals surface area (Å²) in [4.78, 5) is 20.6. The molecule has 17 heavy (non-hydrogen) atoms. The normalized spacial score (nSPS) is 14.1. The molecule has 0 aliphatic heterocycles. The summed E-state index contributed by atoms with van der Waals surface area (Å²) >= 11 is 0. The van der Waals surface area contributed by atoms with Gasteiger partial charge in [-0.15, -0.1) is 0 Å². The Bertz CT molecular complexity index is 427. The lowest BCUT2D eigenvalue weighted by Crippen LogP contribution is -2.10. The van der Waals surface area contributed by atoms with Crippen molar-refractivity contribution in [3.05, 3.63) is 29.8 Å². The molecule has 94 valence electrons. The van der Waals surface area contributed by atoms with E-state index in [-0.39, 0.29) is 24.1 Å². The van der Waals surface area contributed by atoms with Crippen molar-refractivity contribution in [1.29, 1.82) is 0 Å². The third-order valence-electron chi connectivity index (χ3n) is 1.97. The zero-order valence-corrected chi connectivity index (χ0v) is 10.1. The van der Waals surface area contributed by atoms with Gasteiger partial charge in [-0.25, -0.2) is 4.79 Å². The van der Waals surface area contributed by atoms with Crippen molar-refractivity contribution in [2.45, 2.75) is 0 Å². The highest BCUT2D eigenvalue weighted by Gasteiger charge is 2.22. The average molecular weight is 260 g/mol. The number of benzene rings is 1. The third kappa shape index (κ3) is 3.64. The Hall–Kier alpha value is -1.20. The standard InChI is InChI=1S/C10H13O6P/c1-15-10(12)8-2-4-9(5-3-8)17(13,14)16-7-6-11/h2-5,11H,6-7H2,1H3,(H,13,14). The Balaban J connectivity index is 2.87. The van der Waals surface area contributed by atoms with Gasteiger partial charge in [0, 0.05) is 0 Å². The van der Waals surface area contributed by atoms with Crippen LogP contribution in [0.15, 0.2) is 24.3 Å². The summed E-state index contributed by atoms with van der Waals surface area (Å²) in [5.74, 6) is -0.527. The molecule has 0 amide bonds. The van der Waals surface area contributed by atoms with Crippen LogP contribution >= 0.6 is 7.60 Å². The summed E-state index contributed by atoms with van der Waals surface area (Å²) in [6, 6.07) is 5.35. The van der Waals surface area contributed by atoms with Gasteiger partial charge in [0.1, 0.15) is 0 Å². The third-order valence-corrected chi connectivity index (χ3v) is 3.46. The van der Waals surface area contributed by atoms with Gasteiger partial charge in [0.2, 0.25) is 0 Å². The lowest BCUT2D eigenvalue weighted by atomic mass is 10.2. The van der Waals surface area contributed by atoms with E-state index < -0.39 is 13.6 Å². The predicted octanol–water partition coefficient (Wildman–Crippen LogP) is 0.293. The molecule has 0 saturated heterocycles. The van der Waals surface area contributed by atoms with E-state index in [2.05, 4.69) is 9.26 Å². The molecule has 0 heterocycles. The molecule has 0 fully saturated rings. The van der Waals surface area contributed by atoms with Gasteiger partial charge in [-0.3, -0.25) is 4.57 Å². The summed E-state index contributed by atoms with van der Waals surface area (Å²) in [5, 5.41) is 8.56. The second-order valence-corrected chi connectivity index (χ2v) is 4.93. The number of methoxy groups -OCH3 is 1. The second-order valence-electron chi connectivity index (χ2n) is 3.12. The van der Waals surface area contributed by atoms with Crippen molar-refractivity contribution in [3.8, 4) is 0 Å². The van der Waals surface area contributed by atoms with Crippen molar-refractivity contribution < 1.29 is 28.6 Å². The van der Waals surface area contributed by atoms with Gasteiger partial charge < -0.3 is 19.3 Å². The van der Waals surface area contributed by atoms with Crippen LogP contribution in [0.2, 0.25) is 0 Å². The molecule has 1 aromatic rings. The maximum atomic E-state index is 11.6. The topological polar surface area (TPSA) is 93.1 Å². The molecule has 0 radical (unpaired) electrons. The van der Waals surface area contributed by atoms with Crippen LogP contribution in [0.4, 0.5) is 0 Å². The molecule has 1 unspecified atom stereocenters. The molecule has 1 aromatic carbocycles. The molecule has 0 aromatic heterocycles. The highest BCUT2D eigenvalue weighted by Crippen LogP contribution is 2.40. The molecular formula is C10H13O6P. The van der Waals surface area contributed by atoms with E-state index in [4.69, 9.17) is 5.11 Å². The van der Waals surface area contributed by atoms with Crippen LogP contribution in [-0.2, 0) is 13.8 Å². The van der Waals surface area contributed by atoms with Gasteiger partial charge >= 0.3 is 13.6 Å². The van der Waals surface area contributed by atoms with Crippen LogP contribution < -0.4 is 5.30 Å². The van der Waals surface area contributed by atoms with E-state index >= 15 is 0 Å². The SMILES string of the molecule is COC(=O)c1ccc(P(=O)(O)OCCO)cc1. The van der Waals surface area contributed by atoms with Crippen molar-refractivity contribution in [2.24, 2.45) is 0 Å². The fourth-order valence-corrected chi connectivity index (χ4v) is 2.15. The van der Waals surface area contributed by atoms with Crippen LogP contribution in [0.5, 0.6) is 0 Å². The summed E-state index contributed by atoms with van der Waals surface area (Å²) in [5.41, 5.74) is 0.276. The highest BCUT2D eigenvalue weighted by atomic mass is 31.2. The Morgan fingerprint density at radius 1 is 1.35 bits per heavy atom. The number of rotatable bonds is 5. The van der Waals surface area contributed by atoms with Crippen LogP contribution in [0, 0.1) is 0 Å². The van der Waals surface area contributed by atoms with Gasteiger partial charge in [-0.1, -0.05) is 0 Å². The number of esters is 1. The molecule has 2 N–H and O–H groups in total. The first-order chi connectivity index (χ1) is 8.01. The van der Waals surface area contributed by atoms with E-state index in [9.17, 15) is 14.3 Å². The fourth-order valence-electron chi connectivity index (χ4n) is 1.14. The molecule has 0 aliphatic carbocycles. The summed E-state index contributed by atoms with van der Waals surface area (Å²) in [7, 11) is -2.68. The van der Waals surface area contributed by atoms with E-state index in [0.717, 1.165) is 0 Å². The van der Waals surface area contributed by atoms with E-state index in [0.29, 0.717) is 0 Å². The largest absolute Gasteiger partial charge is 0.465 e. The number of aliphatic hydroxyl groups excluding tert-OH is 1. The molecule has 0 aliphatic rings. The number of ether oxygens (including phenoxy) is 1. The minimum Gasteiger partial charge on any atom is -0.465 e. The van der Waals surface area contributed by atoms with E-state index in [1.165, 1.54) is 31.4 Å². The van der Waals surface area contributed by atoms with Crippen LogP contribution in [0.1, 0.15) is 10.4 Å². The number of aliphatic hydroxyl groups is 1. The quantitative estimate of drug-likeness (QED) is 0.584. The minimum absolute atomic E-state index is 0.0543. The van der Waals surface area contributed by atoms with Gasteiger partial charge in [0.05, 0.1) is 31.2 Å². The van der Waals surface area contributed by atoms with Gasteiger partial charge in [-0.2, -0.15) is 0 Å². The number of hydrogen-bond donors (Lipinski definition) is 2. The fraction of sp³-hybridized carbons (Fsp3) is 0.300. The number of carbonyl (C=O) groups is 1. The molecule has 1 atom stereocenters. The summed E-state index contributed by atoms with van der Waals surface area (Å²) in [6.45, 7) is -0.572. The average Bonchev–Trinajstić information content (AvgIpc) is 2.35. The lowest BCUT2D eigenvalue weighted by Gasteiger charge is -2.11. The molecule has 0 spiro atoms. The van der Waals surface area contributed by atoms with E-state index in [1.807, 2.05) is 0 Å². The van der Waals surface area contributed by atoms with Crippen LogP contribution in [-0.4, -0.2) is 36.3 Å². The Morgan fingerprint density at radius 3 is 2.41 bits per heavy atom. The van der Waals surface area contributed by atoms with Crippen molar-refractivity contribution >= 4 is 18.9 Å². The van der Waals surface area contributed by atoms with Gasteiger partial charge in [-0.05, 0) is 24.3 Å². The maximum Gasteiger partial charge on any atom is 0.358 e. The number of hydrogen-bond acceptors (Lipinski definition) is 5. The molecule has 1 rings (SSSR count). The molecular weight excluding hydrogens is 247 g/mol. The predicted molar refractivity (Wildman–Crippen MR) is 60.3 cm³/mol. The Kier molecular flexibility index (Phi) is 4.84. The molecule has 0 bridgehead atoms. The molecule has 6 nitrogen and oxygen atoms in total. The second kappa shape index (κ2) is 5.93. The first-order valence-corrected chi connectivity index (χ1v) is 6.36. The molecule has 0 saturated carbocycles.